The Balaban J connectivity index is 1.26. The Morgan fingerprint density at radius 2 is 1.14 bits per heavy atom. The number of rotatable bonds is 2. The van der Waals surface area contributed by atoms with E-state index in [0.717, 1.165) is 51.3 Å². The monoisotopic (exact) mass is 468 g/mol. The molecule has 0 bridgehead atoms. The summed E-state index contributed by atoms with van der Waals surface area (Å²) in [6, 6.07) is 32.8. The molecule has 5 heteroatoms. The van der Waals surface area contributed by atoms with E-state index in [-0.39, 0.29) is 5.91 Å². The number of benzene rings is 5. The highest BCUT2D eigenvalue weighted by Gasteiger charge is 2.23. The van der Waals surface area contributed by atoms with Crippen molar-refractivity contribution in [3.63, 3.8) is 0 Å². The van der Waals surface area contributed by atoms with Crippen molar-refractivity contribution >= 4 is 55.2 Å². The van der Waals surface area contributed by atoms with Crippen molar-refractivity contribution in [1.82, 2.24) is 14.9 Å². The van der Waals surface area contributed by atoms with E-state index in [0.29, 0.717) is 18.7 Å². The molecule has 5 aromatic carbocycles. The smallest absolute Gasteiger partial charge is 0.254 e. The van der Waals surface area contributed by atoms with Crippen LogP contribution in [-0.4, -0.2) is 47.0 Å². The Bertz CT molecular complexity index is 1770. The number of hydrogen-bond donors (Lipinski definition) is 0. The first-order chi connectivity index (χ1) is 17.8. The summed E-state index contributed by atoms with van der Waals surface area (Å²) in [5.74, 6) is 0.0508. The molecule has 1 amide bonds. The number of amides is 1. The van der Waals surface area contributed by atoms with Gasteiger partial charge in [0.25, 0.3) is 5.91 Å². The van der Waals surface area contributed by atoms with Crippen LogP contribution in [0.3, 0.4) is 0 Å². The first kappa shape index (κ1) is 20.8. The lowest BCUT2D eigenvalue weighted by Crippen LogP contribution is -2.48. The fraction of sp³-hybridized carbons (Fsp3) is 0.129. The van der Waals surface area contributed by atoms with Gasteiger partial charge in [-0.2, -0.15) is 0 Å². The second kappa shape index (κ2) is 8.31. The van der Waals surface area contributed by atoms with Gasteiger partial charge in [0.15, 0.2) is 0 Å². The SMILES string of the molecule is O=C(c1ccc2nc3c4ccccc4c4ccccc4c3nc2c1)N1CCN(c2ccccc2)CC1. The Hall–Kier alpha value is -4.51. The average Bonchev–Trinajstić information content (AvgIpc) is 2.96. The van der Waals surface area contributed by atoms with Gasteiger partial charge in [-0.05, 0) is 41.1 Å². The minimum absolute atomic E-state index is 0.0508. The number of aromatic nitrogens is 2. The molecule has 5 nitrogen and oxygen atoms in total. The second-order valence-electron chi connectivity index (χ2n) is 9.33. The fourth-order valence-electron chi connectivity index (χ4n) is 5.40. The average molecular weight is 469 g/mol. The highest BCUT2D eigenvalue weighted by Crippen LogP contribution is 2.34. The van der Waals surface area contributed by atoms with E-state index in [2.05, 4.69) is 65.6 Å². The molecular weight excluding hydrogens is 444 g/mol. The maximum Gasteiger partial charge on any atom is 0.254 e. The molecule has 36 heavy (non-hydrogen) atoms. The van der Waals surface area contributed by atoms with Gasteiger partial charge < -0.3 is 9.80 Å². The zero-order valence-electron chi connectivity index (χ0n) is 19.8. The van der Waals surface area contributed by atoms with Crippen molar-refractivity contribution in [1.29, 1.82) is 0 Å². The molecule has 0 N–H and O–H groups in total. The van der Waals surface area contributed by atoms with E-state index in [1.165, 1.54) is 11.1 Å². The molecule has 0 atom stereocenters. The van der Waals surface area contributed by atoms with Gasteiger partial charge in [-0.1, -0.05) is 66.7 Å². The van der Waals surface area contributed by atoms with Crippen LogP contribution in [0.15, 0.2) is 97.1 Å². The third kappa shape index (κ3) is 3.35. The van der Waals surface area contributed by atoms with Gasteiger partial charge in [0.05, 0.1) is 22.1 Å². The van der Waals surface area contributed by atoms with E-state index in [1.54, 1.807) is 0 Å². The van der Waals surface area contributed by atoms with Crippen LogP contribution in [-0.2, 0) is 0 Å². The molecule has 0 radical (unpaired) electrons. The van der Waals surface area contributed by atoms with Gasteiger partial charge >= 0.3 is 0 Å². The van der Waals surface area contributed by atoms with Crippen LogP contribution in [0.4, 0.5) is 5.69 Å². The summed E-state index contributed by atoms with van der Waals surface area (Å²) in [5.41, 5.74) is 5.18. The molecule has 0 unspecified atom stereocenters. The number of anilines is 1. The molecule has 1 aliphatic heterocycles. The number of para-hydroxylation sites is 1. The number of piperazine rings is 1. The van der Waals surface area contributed by atoms with Gasteiger partial charge in [0.1, 0.15) is 0 Å². The Morgan fingerprint density at radius 1 is 0.583 bits per heavy atom. The standard InChI is InChI=1S/C31H24N4O/c36-31(35-18-16-34(17-19-35)22-8-2-1-3-9-22)21-14-15-27-28(20-21)33-30-26-13-7-5-11-24(26)23-10-4-6-12-25(23)29(30)32-27/h1-15,20H,16-19H2. The summed E-state index contributed by atoms with van der Waals surface area (Å²) in [4.78, 5) is 27.7. The van der Waals surface area contributed by atoms with E-state index < -0.39 is 0 Å². The lowest BCUT2D eigenvalue weighted by Gasteiger charge is -2.36. The van der Waals surface area contributed by atoms with Crippen LogP contribution in [0.2, 0.25) is 0 Å². The summed E-state index contributed by atoms with van der Waals surface area (Å²) >= 11 is 0. The van der Waals surface area contributed by atoms with E-state index >= 15 is 0 Å². The van der Waals surface area contributed by atoms with E-state index in [4.69, 9.17) is 9.97 Å². The van der Waals surface area contributed by atoms with Gasteiger partial charge in [0, 0.05) is 48.2 Å². The minimum Gasteiger partial charge on any atom is -0.368 e. The fourth-order valence-corrected chi connectivity index (χ4v) is 5.40. The van der Waals surface area contributed by atoms with Crippen molar-refractivity contribution in [3.05, 3.63) is 103 Å². The summed E-state index contributed by atoms with van der Waals surface area (Å²) in [6.45, 7) is 3.05. The molecule has 0 spiro atoms. The Morgan fingerprint density at radius 3 is 1.78 bits per heavy atom. The van der Waals surface area contributed by atoms with Crippen LogP contribution < -0.4 is 4.90 Å². The quantitative estimate of drug-likeness (QED) is 0.229. The van der Waals surface area contributed by atoms with E-state index in [9.17, 15) is 4.79 Å². The van der Waals surface area contributed by atoms with Crippen LogP contribution in [0.25, 0.3) is 43.6 Å². The van der Waals surface area contributed by atoms with Gasteiger partial charge in [-0.3, -0.25) is 4.79 Å². The number of nitrogens with zero attached hydrogens (tertiary/aromatic N) is 4. The lowest BCUT2D eigenvalue weighted by atomic mass is 9.99. The Kier molecular flexibility index (Phi) is 4.81. The molecule has 174 valence electrons. The summed E-state index contributed by atoms with van der Waals surface area (Å²) in [7, 11) is 0. The topological polar surface area (TPSA) is 49.3 Å². The zero-order valence-corrected chi connectivity index (χ0v) is 19.8. The van der Waals surface area contributed by atoms with Gasteiger partial charge in [-0.15, -0.1) is 0 Å². The first-order valence-electron chi connectivity index (χ1n) is 12.4. The summed E-state index contributed by atoms with van der Waals surface area (Å²) in [6.07, 6.45) is 0. The molecule has 0 saturated carbocycles. The maximum atomic E-state index is 13.4. The normalized spacial score (nSPS) is 14.2. The third-order valence-corrected chi connectivity index (χ3v) is 7.25. The van der Waals surface area contributed by atoms with Gasteiger partial charge in [-0.25, -0.2) is 9.97 Å². The zero-order chi connectivity index (χ0) is 24.1. The molecule has 1 saturated heterocycles. The second-order valence-corrected chi connectivity index (χ2v) is 9.33. The van der Waals surface area contributed by atoms with Crippen LogP contribution in [0, 0.1) is 0 Å². The Labute approximate surface area is 208 Å². The van der Waals surface area contributed by atoms with Crippen molar-refractivity contribution in [2.24, 2.45) is 0 Å². The first-order valence-corrected chi connectivity index (χ1v) is 12.4. The maximum absolute atomic E-state index is 13.4. The molecule has 1 fully saturated rings. The van der Waals surface area contributed by atoms with Crippen molar-refractivity contribution in [2.75, 3.05) is 31.1 Å². The number of carbonyl (C=O) groups excluding carboxylic acids is 1. The summed E-state index contributed by atoms with van der Waals surface area (Å²) in [5, 5.41) is 4.51. The van der Waals surface area contributed by atoms with E-state index in [1.807, 2.05) is 41.3 Å². The molecule has 0 aliphatic carbocycles. The van der Waals surface area contributed by atoms with Crippen molar-refractivity contribution in [2.45, 2.75) is 0 Å². The summed E-state index contributed by atoms with van der Waals surface area (Å²) < 4.78 is 0. The van der Waals surface area contributed by atoms with Crippen molar-refractivity contribution < 1.29 is 4.79 Å². The van der Waals surface area contributed by atoms with Crippen molar-refractivity contribution in [3.8, 4) is 0 Å². The largest absolute Gasteiger partial charge is 0.368 e. The number of fused-ring (bicyclic) bond motifs is 7. The highest BCUT2D eigenvalue weighted by atomic mass is 16.2. The molecule has 2 heterocycles. The van der Waals surface area contributed by atoms with Crippen LogP contribution in [0.1, 0.15) is 10.4 Å². The van der Waals surface area contributed by atoms with Crippen LogP contribution in [0.5, 0.6) is 0 Å². The predicted molar refractivity (Wildman–Crippen MR) is 147 cm³/mol. The third-order valence-electron chi connectivity index (χ3n) is 7.25. The molecule has 7 rings (SSSR count). The molecular formula is C31H24N4O. The molecule has 1 aliphatic rings. The molecule has 6 aromatic rings. The highest BCUT2D eigenvalue weighted by molar-refractivity contribution is 6.23. The molecule has 1 aromatic heterocycles. The number of carbonyl (C=O) groups is 1. The minimum atomic E-state index is 0.0508. The van der Waals surface area contributed by atoms with Crippen LogP contribution >= 0.6 is 0 Å². The lowest BCUT2D eigenvalue weighted by molar-refractivity contribution is 0.0747. The number of hydrogen-bond acceptors (Lipinski definition) is 4. The van der Waals surface area contributed by atoms with Gasteiger partial charge in [0.2, 0.25) is 0 Å². The predicted octanol–water partition coefficient (Wildman–Crippen LogP) is 6.05.